The van der Waals surface area contributed by atoms with E-state index in [-0.39, 0.29) is 5.91 Å². The Kier molecular flexibility index (Phi) is 5.08. The molecule has 0 unspecified atom stereocenters. The van der Waals surface area contributed by atoms with E-state index in [4.69, 9.17) is 4.52 Å². The predicted molar refractivity (Wildman–Crippen MR) is 90.2 cm³/mol. The van der Waals surface area contributed by atoms with Gasteiger partial charge in [0, 0.05) is 13.0 Å². The van der Waals surface area contributed by atoms with Crippen LogP contribution in [-0.2, 0) is 4.79 Å². The molecule has 1 saturated heterocycles. The quantitative estimate of drug-likeness (QED) is 0.918. The first kappa shape index (κ1) is 15.7. The van der Waals surface area contributed by atoms with Crippen LogP contribution in [0.1, 0.15) is 31.4 Å². The first-order chi connectivity index (χ1) is 11.2. The van der Waals surface area contributed by atoms with Crippen LogP contribution in [0.4, 0.5) is 5.88 Å². The van der Waals surface area contributed by atoms with Gasteiger partial charge >= 0.3 is 0 Å². The second kappa shape index (κ2) is 7.42. The summed E-state index contributed by atoms with van der Waals surface area (Å²) in [6, 6.07) is 9.86. The molecule has 2 heterocycles. The Labute approximate surface area is 136 Å². The van der Waals surface area contributed by atoms with E-state index < -0.39 is 0 Å². The van der Waals surface area contributed by atoms with Crippen molar-refractivity contribution < 1.29 is 9.32 Å². The monoisotopic (exact) mass is 313 g/mol. The Morgan fingerprint density at radius 3 is 2.70 bits per heavy atom. The lowest BCUT2D eigenvalue weighted by molar-refractivity contribution is -0.116. The molecule has 1 fully saturated rings. The van der Waals surface area contributed by atoms with Gasteiger partial charge in [-0.05, 0) is 38.4 Å². The number of nitrogens with zero attached hydrogens (tertiary/aromatic N) is 2. The molecule has 122 valence electrons. The van der Waals surface area contributed by atoms with Crippen molar-refractivity contribution in [2.24, 2.45) is 0 Å². The fraction of sp³-hybridized carbons (Fsp3) is 0.444. The number of nitrogens with one attached hydrogen (secondary N) is 1. The summed E-state index contributed by atoms with van der Waals surface area (Å²) >= 11 is 0. The first-order valence-corrected chi connectivity index (χ1v) is 8.28. The molecule has 0 radical (unpaired) electrons. The van der Waals surface area contributed by atoms with Gasteiger partial charge < -0.3 is 9.42 Å². The number of benzene rings is 1. The zero-order valence-electron chi connectivity index (χ0n) is 13.5. The standard InChI is InChI=1S/C18H23N3O2/c1-14-17(15-8-4-2-5-9-15)18(23-20-14)19-16(22)10-13-21-11-6-3-7-12-21/h2,4-5,8-9H,3,6-7,10-13H2,1H3,(H,19,22). The van der Waals surface area contributed by atoms with E-state index in [9.17, 15) is 4.79 Å². The summed E-state index contributed by atoms with van der Waals surface area (Å²) in [5.74, 6) is 0.418. The fourth-order valence-corrected chi connectivity index (χ4v) is 3.03. The molecule has 5 heteroatoms. The number of anilines is 1. The Bertz CT molecular complexity index is 646. The number of likely N-dealkylation sites (tertiary alicyclic amines) is 1. The van der Waals surface area contributed by atoms with Gasteiger partial charge in [0.05, 0.1) is 11.3 Å². The minimum atomic E-state index is -0.0242. The summed E-state index contributed by atoms with van der Waals surface area (Å²) < 4.78 is 5.32. The second-order valence-corrected chi connectivity index (χ2v) is 6.04. The van der Waals surface area contributed by atoms with Crippen LogP contribution in [0.5, 0.6) is 0 Å². The molecule has 0 spiro atoms. The lowest BCUT2D eigenvalue weighted by Crippen LogP contribution is -2.32. The Hall–Kier alpha value is -2.14. The topological polar surface area (TPSA) is 58.4 Å². The van der Waals surface area contributed by atoms with Gasteiger partial charge in [-0.25, -0.2) is 0 Å². The van der Waals surface area contributed by atoms with Crippen molar-refractivity contribution in [3.63, 3.8) is 0 Å². The molecular formula is C18H23N3O2. The van der Waals surface area contributed by atoms with E-state index in [1.807, 2.05) is 37.3 Å². The van der Waals surface area contributed by atoms with Crippen LogP contribution in [0.3, 0.4) is 0 Å². The van der Waals surface area contributed by atoms with E-state index in [0.29, 0.717) is 12.3 Å². The van der Waals surface area contributed by atoms with Crippen molar-refractivity contribution in [2.75, 3.05) is 25.0 Å². The third kappa shape index (κ3) is 3.99. The maximum atomic E-state index is 12.2. The molecule has 1 aromatic heterocycles. The average Bonchev–Trinajstić information content (AvgIpc) is 2.95. The third-order valence-corrected chi connectivity index (χ3v) is 4.28. The van der Waals surface area contributed by atoms with E-state index in [2.05, 4.69) is 15.4 Å². The van der Waals surface area contributed by atoms with Crippen LogP contribution in [0.2, 0.25) is 0 Å². The maximum absolute atomic E-state index is 12.2. The molecule has 1 aromatic carbocycles. The zero-order chi connectivity index (χ0) is 16.1. The number of aromatic nitrogens is 1. The van der Waals surface area contributed by atoms with Crippen LogP contribution in [0, 0.1) is 6.92 Å². The average molecular weight is 313 g/mol. The van der Waals surface area contributed by atoms with Crippen molar-refractivity contribution in [1.82, 2.24) is 10.1 Å². The van der Waals surface area contributed by atoms with Crippen molar-refractivity contribution in [3.8, 4) is 11.1 Å². The van der Waals surface area contributed by atoms with Crippen molar-refractivity contribution in [3.05, 3.63) is 36.0 Å². The summed E-state index contributed by atoms with van der Waals surface area (Å²) in [5.41, 5.74) is 2.64. The van der Waals surface area contributed by atoms with Crippen LogP contribution in [-0.4, -0.2) is 35.6 Å². The first-order valence-electron chi connectivity index (χ1n) is 8.28. The molecule has 1 amide bonds. The van der Waals surface area contributed by atoms with Gasteiger partial charge in [0.25, 0.3) is 0 Å². The fourth-order valence-electron chi connectivity index (χ4n) is 3.03. The molecule has 0 atom stereocenters. The number of aryl methyl sites for hydroxylation is 1. The van der Waals surface area contributed by atoms with Gasteiger partial charge in [0.2, 0.25) is 11.8 Å². The number of piperidine rings is 1. The van der Waals surface area contributed by atoms with Crippen LogP contribution >= 0.6 is 0 Å². The summed E-state index contributed by atoms with van der Waals surface area (Å²) in [6.07, 6.45) is 4.26. The van der Waals surface area contributed by atoms with Crippen molar-refractivity contribution >= 4 is 11.8 Å². The number of carbonyl (C=O) groups excluding carboxylic acids is 1. The lowest BCUT2D eigenvalue weighted by Gasteiger charge is -2.25. The van der Waals surface area contributed by atoms with Gasteiger partial charge in [-0.1, -0.05) is 41.9 Å². The second-order valence-electron chi connectivity index (χ2n) is 6.04. The molecule has 3 rings (SSSR count). The molecule has 5 nitrogen and oxygen atoms in total. The highest BCUT2D eigenvalue weighted by Gasteiger charge is 2.18. The van der Waals surface area contributed by atoms with E-state index >= 15 is 0 Å². The van der Waals surface area contributed by atoms with Crippen molar-refractivity contribution in [1.29, 1.82) is 0 Å². The molecule has 0 aliphatic carbocycles. The number of amides is 1. The number of hydrogen-bond acceptors (Lipinski definition) is 4. The molecule has 1 aliphatic rings. The zero-order valence-corrected chi connectivity index (χ0v) is 13.5. The normalized spacial score (nSPS) is 15.5. The summed E-state index contributed by atoms with van der Waals surface area (Å²) in [7, 11) is 0. The summed E-state index contributed by atoms with van der Waals surface area (Å²) in [5, 5.41) is 6.87. The van der Waals surface area contributed by atoms with Crippen LogP contribution < -0.4 is 5.32 Å². The minimum absolute atomic E-state index is 0.0242. The lowest BCUT2D eigenvalue weighted by atomic mass is 10.1. The molecule has 0 saturated carbocycles. The van der Waals surface area contributed by atoms with Gasteiger partial charge in [-0.2, -0.15) is 0 Å². The summed E-state index contributed by atoms with van der Waals surface area (Å²) in [4.78, 5) is 14.6. The number of rotatable bonds is 5. The van der Waals surface area contributed by atoms with Gasteiger partial charge in [-0.3, -0.25) is 10.1 Å². The molecule has 1 N–H and O–H groups in total. The molecular weight excluding hydrogens is 290 g/mol. The predicted octanol–water partition coefficient (Wildman–Crippen LogP) is 3.46. The molecule has 0 bridgehead atoms. The van der Waals surface area contributed by atoms with Gasteiger partial charge in [0.1, 0.15) is 0 Å². The minimum Gasteiger partial charge on any atom is -0.337 e. The molecule has 1 aliphatic heterocycles. The Morgan fingerprint density at radius 1 is 1.22 bits per heavy atom. The van der Waals surface area contributed by atoms with Crippen LogP contribution in [0.25, 0.3) is 11.1 Å². The molecule has 23 heavy (non-hydrogen) atoms. The molecule has 2 aromatic rings. The highest BCUT2D eigenvalue weighted by Crippen LogP contribution is 2.31. The largest absolute Gasteiger partial charge is 0.337 e. The SMILES string of the molecule is Cc1noc(NC(=O)CCN2CCCCC2)c1-c1ccccc1. The number of hydrogen-bond donors (Lipinski definition) is 1. The van der Waals surface area contributed by atoms with Gasteiger partial charge in [-0.15, -0.1) is 0 Å². The van der Waals surface area contributed by atoms with Crippen LogP contribution in [0.15, 0.2) is 34.9 Å². The Morgan fingerprint density at radius 2 is 1.96 bits per heavy atom. The Balaban J connectivity index is 1.63. The summed E-state index contributed by atoms with van der Waals surface area (Å²) in [6.45, 7) is 4.89. The maximum Gasteiger partial charge on any atom is 0.239 e. The van der Waals surface area contributed by atoms with Crippen molar-refractivity contribution in [2.45, 2.75) is 32.6 Å². The third-order valence-electron chi connectivity index (χ3n) is 4.28. The van der Waals surface area contributed by atoms with Gasteiger partial charge in [0.15, 0.2) is 0 Å². The number of carbonyl (C=O) groups is 1. The smallest absolute Gasteiger partial charge is 0.239 e. The van der Waals surface area contributed by atoms with E-state index in [1.165, 1.54) is 19.3 Å². The highest BCUT2D eigenvalue weighted by molar-refractivity contribution is 5.93. The van der Waals surface area contributed by atoms with E-state index in [1.54, 1.807) is 0 Å². The van der Waals surface area contributed by atoms with E-state index in [0.717, 1.165) is 36.5 Å². The highest BCUT2D eigenvalue weighted by atomic mass is 16.5.